The molecule has 0 bridgehead atoms. The number of halogens is 1. The van der Waals surface area contributed by atoms with Crippen LogP contribution < -0.4 is 0 Å². The van der Waals surface area contributed by atoms with Gasteiger partial charge in [-0.05, 0) is 21.4 Å². The van der Waals surface area contributed by atoms with Gasteiger partial charge in [0.05, 0.1) is 27.7 Å². The second-order valence-corrected chi connectivity index (χ2v) is 6.90. The third-order valence-corrected chi connectivity index (χ3v) is 3.68. The van der Waals surface area contributed by atoms with Crippen LogP contribution in [-0.2, 0) is 0 Å². The van der Waals surface area contributed by atoms with E-state index in [0.29, 0.717) is 0 Å². The molecule has 0 radical (unpaired) electrons. The molecule has 1 nitrogen and oxygen atoms in total. The first-order valence-electron chi connectivity index (χ1n) is 8.58. The van der Waals surface area contributed by atoms with Crippen LogP contribution in [0.25, 0.3) is 0 Å². The molecule has 0 aromatic rings. The summed E-state index contributed by atoms with van der Waals surface area (Å²) in [4.78, 5) is 0. The van der Waals surface area contributed by atoms with Gasteiger partial charge in [-0.2, -0.15) is 0 Å². The van der Waals surface area contributed by atoms with Crippen molar-refractivity contribution >= 4 is 19.8 Å². The summed E-state index contributed by atoms with van der Waals surface area (Å²) >= 11 is 4.56. The SMILES string of the molecule is CCCCCCCCCCCCCC[N+](C)(C)C.PCl. The van der Waals surface area contributed by atoms with Crippen molar-refractivity contribution in [2.75, 3.05) is 27.7 Å². The van der Waals surface area contributed by atoms with E-state index in [4.69, 9.17) is 0 Å². The Morgan fingerprint density at radius 3 is 1.20 bits per heavy atom. The second-order valence-electron chi connectivity index (χ2n) is 6.90. The van der Waals surface area contributed by atoms with E-state index in [1.54, 1.807) is 0 Å². The van der Waals surface area contributed by atoms with Gasteiger partial charge in [0.1, 0.15) is 0 Å². The maximum Gasteiger partial charge on any atom is 0.0780 e. The Bertz CT molecular complexity index is 169. The van der Waals surface area contributed by atoms with Gasteiger partial charge in [0, 0.05) is 0 Å². The van der Waals surface area contributed by atoms with Gasteiger partial charge in [-0.1, -0.05) is 71.1 Å². The molecule has 0 heterocycles. The molecule has 0 N–H and O–H groups in total. The first kappa shape index (κ1) is 23.0. The predicted octanol–water partition coefficient (Wildman–Crippen LogP) is 6.41. The van der Waals surface area contributed by atoms with Crippen LogP contribution in [0.1, 0.15) is 84.0 Å². The summed E-state index contributed by atoms with van der Waals surface area (Å²) in [5, 5.41) is 0. The van der Waals surface area contributed by atoms with Crippen molar-refractivity contribution in [2.45, 2.75) is 84.0 Å². The van der Waals surface area contributed by atoms with Crippen molar-refractivity contribution in [2.24, 2.45) is 0 Å². The van der Waals surface area contributed by atoms with Gasteiger partial charge in [-0.25, -0.2) is 0 Å². The monoisotopic (exact) mass is 324 g/mol. The lowest BCUT2D eigenvalue weighted by atomic mass is 10.1. The smallest absolute Gasteiger partial charge is 0.0780 e. The Balaban J connectivity index is 0. The lowest BCUT2D eigenvalue weighted by molar-refractivity contribution is -0.870. The van der Waals surface area contributed by atoms with E-state index in [1.807, 2.05) is 8.59 Å². The first-order valence-corrected chi connectivity index (χ1v) is 10.3. The quantitative estimate of drug-likeness (QED) is 0.208. The van der Waals surface area contributed by atoms with Crippen molar-refractivity contribution in [1.29, 1.82) is 0 Å². The average Bonchev–Trinajstić information content (AvgIpc) is 2.41. The Morgan fingerprint density at radius 2 is 0.900 bits per heavy atom. The molecule has 0 aliphatic carbocycles. The molecule has 20 heavy (non-hydrogen) atoms. The van der Waals surface area contributed by atoms with Gasteiger partial charge in [0.15, 0.2) is 0 Å². The van der Waals surface area contributed by atoms with Crippen molar-refractivity contribution in [3.05, 3.63) is 0 Å². The maximum absolute atomic E-state index is 4.56. The topological polar surface area (TPSA) is 0 Å². The highest BCUT2D eigenvalue weighted by Crippen LogP contribution is 2.12. The van der Waals surface area contributed by atoms with Crippen LogP contribution >= 0.6 is 19.8 Å². The summed E-state index contributed by atoms with van der Waals surface area (Å²) in [6.07, 6.45) is 17.4. The largest absolute Gasteiger partial charge is 0.331 e. The van der Waals surface area contributed by atoms with E-state index >= 15 is 0 Å². The van der Waals surface area contributed by atoms with Crippen LogP contribution in [0.3, 0.4) is 0 Å². The summed E-state index contributed by atoms with van der Waals surface area (Å²) < 4.78 is 1.12. The maximum atomic E-state index is 4.56. The van der Waals surface area contributed by atoms with Crippen LogP contribution in [0.2, 0.25) is 0 Å². The van der Waals surface area contributed by atoms with E-state index < -0.39 is 0 Å². The Hall–Kier alpha value is 0.680. The molecule has 0 saturated carbocycles. The number of hydrogen-bond donors (Lipinski definition) is 0. The summed E-state index contributed by atoms with van der Waals surface area (Å²) in [6.45, 7) is 3.62. The van der Waals surface area contributed by atoms with Crippen molar-refractivity contribution in [3.8, 4) is 0 Å². The zero-order valence-electron chi connectivity index (χ0n) is 14.6. The molecule has 0 saturated heterocycles. The van der Waals surface area contributed by atoms with Crippen LogP contribution in [0.15, 0.2) is 0 Å². The second kappa shape index (κ2) is 17.7. The number of quaternary nitrogens is 1. The van der Waals surface area contributed by atoms with Crippen LogP contribution in [0.5, 0.6) is 0 Å². The normalized spacial score (nSPS) is 11.1. The molecule has 0 aromatic carbocycles. The third kappa shape index (κ3) is 23.7. The molecular formula is C17H40ClNP+. The van der Waals surface area contributed by atoms with E-state index in [1.165, 1.54) is 83.6 Å². The number of hydrogen-bond acceptors (Lipinski definition) is 0. The lowest BCUT2D eigenvalue weighted by Crippen LogP contribution is -2.35. The minimum atomic E-state index is 1.12. The molecule has 0 fully saturated rings. The van der Waals surface area contributed by atoms with Crippen LogP contribution in [0, 0.1) is 0 Å². The fourth-order valence-corrected chi connectivity index (χ4v) is 2.43. The van der Waals surface area contributed by atoms with Gasteiger partial charge in [-0.3, -0.25) is 0 Å². The molecule has 0 aliphatic rings. The third-order valence-electron chi connectivity index (χ3n) is 3.68. The number of rotatable bonds is 13. The zero-order chi connectivity index (χ0) is 15.7. The predicted molar refractivity (Wildman–Crippen MR) is 99.5 cm³/mol. The minimum absolute atomic E-state index is 1.12. The average molecular weight is 325 g/mol. The highest BCUT2D eigenvalue weighted by molar-refractivity contribution is 7.52. The Morgan fingerprint density at radius 1 is 0.600 bits per heavy atom. The first-order chi connectivity index (χ1) is 9.56. The molecule has 0 aliphatic heterocycles. The van der Waals surface area contributed by atoms with Crippen molar-refractivity contribution < 1.29 is 4.48 Å². The minimum Gasteiger partial charge on any atom is -0.331 e. The van der Waals surface area contributed by atoms with Crippen molar-refractivity contribution in [1.82, 2.24) is 0 Å². The molecule has 0 spiro atoms. The van der Waals surface area contributed by atoms with E-state index in [0.717, 1.165) is 4.48 Å². The fourth-order valence-electron chi connectivity index (χ4n) is 2.43. The highest BCUT2D eigenvalue weighted by Gasteiger charge is 2.04. The van der Waals surface area contributed by atoms with E-state index in [2.05, 4.69) is 39.3 Å². The summed E-state index contributed by atoms with van der Waals surface area (Å²) in [7, 11) is 8.76. The van der Waals surface area contributed by atoms with Gasteiger partial charge in [0.25, 0.3) is 0 Å². The van der Waals surface area contributed by atoms with Gasteiger partial charge < -0.3 is 4.48 Å². The molecule has 1 atom stereocenters. The Kier molecular flexibility index (Phi) is 20.3. The molecule has 124 valence electrons. The Labute approximate surface area is 136 Å². The molecule has 0 aromatic heterocycles. The highest BCUT2D eigenvalue weighted by atomic mass is 35.7. The van der Waals surface area contributed by atoms with E-state index in [9.17, 15) is 0 Å². The number of nitrogens with zero attached hydrogens (tertiary/aromatic N) is 1. The molecular weight excluding hydrogens is 285 g/mol. The summed E-state index contributed by atoms with van der Waals surface area (Å²) in [5.41, 5.74) is 0. The van der Waals surface area contributed by atoms with Gasteiger partial charge >= 0.3 is 0 Å². The molecule has 0 amide bonds. The summed E-state index contributed by atoms with van der Waals surface area (Å²) in [5.74, 6) is 0. The van der Waals surface area contributed by atoms with E-state index in [-0.39, 0.29) is 0 Å². The lowest BCUT2D eigenvalue weighted by Gasteiger charge is -2.23. The zero-order valence-corrected chi connectivity index (χ0v) is 16.5. The standard InChI is InChI=1S/C17H38N.ClH2P/c1-5-6-7-8-9-10-11-12-13-14-15-16-17-18(2,3)4;1-2/h5-17H2,1-4H3;2H2/q+1;. The van der Waals surface area contributed by atoms with Crippen molar-refractivity contribution in [3.63, 3.8) is 0 Å². The fraction of sp³-hybridized carbons (Fsp3) is 1.00. The molecule has 0 rings (SSSR count). The summed E-state index contributed by atoms with van der Waals surface area (Å²) in [6, 6.07) is 0. The number of unbranched alkanes of at least 4 members (excludes halogenated alkanes) is 11. The van der Waals surface area contributed by atoms with Gasteiger partial charge in [-0.15, -0.1) is 11.2 Å². The molecule has 3 heteroatoms. The molecule has 1 unspecified atom stereocenters. The van der Waals surface area contributed by atoms with Crippen LogP contribution in [-0.4, -0.2) is 32.2 Å². The van der Waals surface area contributed by atoms with Crippen LogP contribution in [0.4, 0.5) is 0 Å². The van der Waals surface area contributed by atoms with Gasteiger partial charge in [0.2, 0.25) is 0 Å².